The Balaban J connectivity index is 1.99. The molecule has 1 aliphatic rings. The number of fused-ring (bicyclic) bond motifs is 1. The number of aromatic carboxylic acids is 1. The third-order valence-electron chi connectivity index (χ3n) is 3.90. The van der Waals surface area contributed by atoms with Crippen molar-refractivity contribution in [3.63, 3.8) is 0 Å². The van der Waals surface area contributed by atoms with Crippen LogP contribution >= 0.6 is 0 Å². The first-order chi connectivity index (χ1) is 9.13. The number of hydrogen-bond donors (Lipinski definition) is 1. The molecule has 0 spiro atoms. The molecule has 1 fully saturated rings. The third kappa shape index (κ3) is 1.98. The van der Waals surface area contributed by atoms with E-state index >= 15 is 0 Å². The number of carbonyl (C=O) groups is 1. The Hall–Kier alpha value is -1.95. The zero-order valence-electron chi connectivity index (χ0n) is 10.7. The molecule has 100 valence electrons. The van der Waals surface area contributed by atoms with Gasteiger partial charge in [-0.25, -0.2) is 9.48 Å². The number of ether oxygens (including phenoxy) is 1. The maximum atomic E-state index is 11.0. The highest BCUT2D eigenvalue weighted by Gasteiger charge is 2.38. The molecule has 1 aromatic heterocycles. The summed E-state index contributed by atoms with van der Waals surface area (Å²) >= 11 is 0. The van der Waals surface area contributed by atoms with E-state index in [1.807, 2.05) is 0 Å². The summed E-state index contributed by atoms with van der Waals surface area (Å²) in [7, 11) is 1.71. The molecule has 0 radical (unpaired) electrons. The average molecular weight is 261 g/mol. The number of benzene rings is 1. The fourth-order valence-corrected chi connectivity index (χ4v) is 2.49. The number of methoxy groups -OCH3 is 1. The molecule has 0 unspecified atom stereocenters. The van der Waals surface area contributed by atoms with Crippen LogP contribution in [0, 0.1) is 0 Å². The molecule has 1 N–H and O–H groups in total. The highest BCUT2D eigenvalue weighted by molar-refractivity contribution is 5.92. The fraction of sp³-hybridized carbons (Fsp3) is 0.462. The smallest absolute Gasteiger partial charge is 0.335 e. The topological polar surface area (TPSA) is 77.2 Å². The van der Waals surface area contributed by atoms with Crippen LogP contribution < -0.4 is 0 Å². The van der Waals surface area contributed by atoms with E-state index in [-0.39, 0.29) is 11.2 Å². The largest absolute Gasteiger partial charge is 0.478 e. The monoisotopic (exact) mass is 261 g/mol. The highest BCUT2D eigenvalue weighted by Crippen LogP contribution is 2.36. The van der Waals surface area contributed by atoms with Gasteiger partial charge in [-0.15, -0.1) is 5.10 Å². The maximum Gasteiger partial charge on any atom is 0.335 e. The van der Waals surface area contributed by atoms with Gasteiger partial charge in [-0.2, -0.15) is 0 Å². The summed E-state index contributed by atoms with van der Waals surface area (Å²) in [6, 6.07) is 4.83. The second-order valence-electron chi connectivity index (χ2n) is 5.00. The third-order valence-corrected chi connectivity index (χ3v) is 3.90. The molecule has 0 bridgehead atoms. The molecule has 0 saturated heterocycles. The van der Waals surface area contributed by atoms with Crippen LogP contribution in [0.5, 0.6) is 0 Å². The zero-order valence-corrected chi connectivity index (χ0v) is 10.7. The molecular formula is C13H15N3O3. The van der Waals surface area contributed by atoms with Crippen LogP contribution in [-0.4, -0.2) is 38.8 Å². The zero-order chi connectivity index (χ0) is 13.5. The summed E-state index contributed by atoms with van der Waals surface area (Å²) < 4.78 is 7.31. The van der Waals surface area contributed by atoms with E-state index in [2.05, 4.69) is 10.3 Å². The minimum absolute atomic E-state index is 0.167. The summed E-state index contributed by atoms with van der Waals surface area (Å²) in [6.45, 7) is 0.614. The number of nitrogens with zero attached hydrogens (tertiary/aromatic N) is 3. The average Bonchev–Trinajstić information content (AvgIpc) is 2.76. The van der Waals surface area contributed by atoms with Crippen molar-refractivity contribution in [3.8, 4) is 0 Å². The van der Waals surface area contributed by atoms with Crippen LogP contribution in [0.25, 0.3) is 11.0 Å². The van der Waals surface area contributed by atoms with E-state index in [4.69, 9.17) is 9.84 Å². The Morgan fingerprint density at radius 1 is 1.53 bits per heavy atom. The predicted molar refractivity (Wildman–Crippen MR) is 68.1 cm³/mol. The van der Waals surface area contributed by atoms with Gasteiger partial charge in [-0.1, -0.05) is 5.21 Å². The molecule has 0 atom stereocenters. The molecule has 19 heavy (non-hydrogen) atoms. The van der Waals surface area contributed by atoms with Crippen molar-refractivity contribution in [1.82, 2.24) is 15.0 Å². The van der Waals surface area contributed by atoms with E-state index in [9.17, 15) is 4.79 Å². The molecule has 6 nitrogen and oxygen atoms in total. The van der Waals surface area contributed by atoms with Gasteiger partial charge in [-0.05, 0) is 37.5 Å². The van der Waals surface area contributed by atoms with Crippen molar-refractivity contribution in [3.05, 3.63) is 23.8 Å². The SMILES string of the molecule is COC1(Cn2nnc3ccc(C(=O)O)cc32)CCC1. The van der Waals surface area contributed by atoms with E-state index in [0.29, 0.717) is 12.1 Å². The summed E-state index contributed by atoms with van der Waals surface area (Å²) in [5.74, 6) is -0.945. The molecule has 1 aliphatic carbocycles. The lowest BCUT2D eigenvalue weighted by atomic mass is 9.80. The van der Waals surface area contributed by atoms with Gasteiger partial charge in [0.05, 0.1) is 23.2 Å². The summed E-state index contributed by atoms with van der Waals surface area (Å²) in [5.41, 5.74) is 1.52. The first-order valence-electron chi connectivity index (χ1n) is 6.25. The molecule has 1 heterocycles. The molecule has 6 heteroatoms. The number of carboxylic acid groups (broad SMARTS) is 1. The lowest BCUT2D eigenvalue weighted by molar-refractivity contribution is -0.0850. The number of aromatic nitrogens is 3. The van der Waals surface area contributed by atoms with Crippen molar-refractivity contribution < 1.29 is 14.6 Å². The van der Waals surface area contributed by atoms with Gasteiger partial charge in [0.2, 0.25) is 0 Å². The lowest BCUT2D eigenvalue weighted by Crippen LogP contribution is -2.43. The summed E-state index contributed by atoms with van der Waals surface area (Å²) in [5, 5.41) is 17.2. The van der Waals surface area contributed by atoms with E-state index < -0.39 is 5.97 Å². The summed E-state index contributed by atoms with van der Waals surface area (Å²) in [6.07, 6.45) is 3.16. The Morgan fingerprint density at radius 3 is 2.89 bits per heavy atom. The predicted octanol–water partition coefficient (Wildman–Crippen LogP) is 1.70. The van der Waals surface area contributed by atoms with Gasteiger partial charge in [0.15, 0.2) is 0 Å². The first kappa shape index (κ1) is 12.1. The van der Waals surface area contributed by atoms with E-state index in [0.717, 1.165) is 24.8 Å². The summed E-state index contributed by atoms with van der Waals surface area (Å²) in [4.78, 5) is 11.0. The van der Waals surface area contributed by atoms with Gasteiger partial charge in [-0.3, -0.25) is 0 Å². The van der Waals surface area contributed by atoms with Gasteiger partial charge < -0.3 is 9.84 Å². The van der Waals surface area contributed by atoms with Gasteiger partial charge in [0.1, 0.15) is 5.52 Å². The fourth-order valence-electron chi connectivity index (χ4n) is 2.49. The number of hydrogen-bond acceptors (Lipinski definition) is 4. The molecule has 1 aromatic carbocycles. The Labute approximate surface area is 110 Å². The second kappa shape index (κ2) is 4.31. The van der Waals surface area contributed by atoms with Crippen LogP contribution in [0.2, 0.25) is 0 Å². The second-order valence-corrected chi connectivity index (χ2v) is 5.00. The lowest BCUT2D eigenvalue weighted by Gasteiger charge is -2.40. The first-order valence-corrected chi connectivity index (χ1v) is 6.25. The molecule has 2 aromatic rings. The van der Waals surface area contributed by atoms with Crippen molar-refractivity contribution in [2.24, 2.45) is 0 Å². The molecule has 0 aliphatic heterocycles. The Bertz CT molecular complexity index is 626. The van der Waals surface area contributed by atoms with Gasteiger partial charge in [0, 0.05) is 7.11 Å². The van der Waals surface area contributed by atoms with Gasteiger partial charge in [0.25, 0.3) is 0 Å². The number of rotatable bonds is 4. The quantitative estimate of drug-likeness (QED) is 0.906. The standard InChI is InChI=1S/C13H15N3O3/c1-19-13(5-2-6-13)8-16-11-7-9(12(17)18)3-4-10(11)14-15-16/h3-4,7H,2,5-6,8H2,1H3,(H,17,18). The molecule has 0 amide bonds. The van der Waals surface area contributed by atoms with E-state index in [1.54, 1.807) is 30.0 Å². The van der Waals surface area contributed by atoms with Crippen molar-refractivity contribution in [1.29, 1.82) is 0 Å². The minimum atomic E-state index is -0.945. The molecule has 1 saturated carbocycles. The van der Waals surface area contributed by atoms with Gasteiger partial charge >= 0.3 is 5.97 Å². The minimum Gasteiger partial charge on any atom is -0.478 e. The van der Waals surface area contributed by atoms with Crippen LogP contribution in [0.4, 0.5) is 0 Å². The Kier molecular flexibility index (Phi) is 2.74. The molecular weight excluding hydrogens is 246 g/mol. The highest BCUT2D eigenvalue weighted by atomic mass is 16.5. The van der Waals surface area contributed by atoms with Crippen LogP contribution in [0.15, 0.2) is 18.2 Å². The van der Waals surface area contributed by atoms with Crippen LogP contribution in [0.1, 0.15) is 29.6 Å². The Morgan fingerprint density at radius 2 is 2.32 bits per heavy atom. The number of carboxylic acids is 1. The molecule has 3 rings (SSSR count). The van der Waals surface area contributed by atoms with E-state index in [1.165, 1.54) is 0 Å². The van der Waals surface area contributed by atoms with Crippen molar-refractivity contribution in [2.75, 3.05) is 7.11 Å². The van der Waals surface area contributed by atoms with Crippen molar-refractivity contribution >= 4 is 17.0 Å². The van der Waals surface area contributed by atoms with Crippen LogP contribution in [-0.2, 0) is 11.3 Å². The normalized spacial score (nSPS) is 17.3. The van der Waals surface area contributed by atoms with Crippen molar-refractivity contribution in [2.45, 2.75) is 31.4 Å². The maximum absolute atomic E-state index is 11.0. The van der Waals surface area contributed by atoms with Crippen LogP contribution in [0.3, 0.4) is 0 Å².